The Morgan fingerprint density at radius 2 is 1.86 bits per heavy atom. The summed E-state index contributed by atoms with van der Waals surface area (Å²) >= 11 is 0. The Balaban J connectivity index is 2.01. The molecule has 1 unspecified atom stereocenters. The summed E-state index contributed by atoms with van der Waals surface area (Å²) in [4.78, 5) is 0. The normalized spacial score (nSPS) is 15.4. The predicted octanol–water partition coefficient (Wildman–Crippen LogP) is 3.79. The van der Waals surface area contributed by atoms with E-state index < -0.39 is 11.9 Å². The number of aliphatic hydroxyl groups is 1. The van der Waals surface area contributed by atoms with Crippen molar-refractivity contribution in [1.29, 1.82) is 0 Å². The minimum absolute atomic E-state index is 0.204. The van der Waals surface area contributed by atoms with Crippen molar-refractivity contribution in [2.45, 2.75) is 31.8 Å². The second-order valence-corrected chi connectivity index (χ2v) is 5.49. The van der Waals surface area contributed by atoms with Gasteiger partial charge in [0.25, 0.3) is 0 Å². The maximum atomic E-state index is 14.1. The zero-order valence-electron chi connectivity index (χ0n) is 12.1. The van der Waals surface area contributed by atoms with Crippen LogP contribution in [0.25, 0.3) is 0 Å². The zero-order valence-corrected chi connectivity index (χ0v) is 12.1. The maximum Gasteiger partial charge on any atom is 0.133 e. The highest BCUT2D eigenvalue weighted by atomic mass is 19.1. The standard InChI is InChI=1S/C18H19FO2/c1-21-16-8-4-7-15(19)17(16)18(20)14-10-9-12-5-2-3-6-13(12)11-14/h4,7-11,18,20H,2-3,5-6H2,1H3. The fourth-order valence-electron chi connectivity index (χ4n) is 3.05. The van der Waals surface area contributed by atoms with Gasteiger partial charge in [0.15, 0.2) is 0 Å². The highest BCUT2D eigenvalue weighted by molar-refractivity contribution is 5.43. The van der Waals surface area contributed by atoms with Crippen LogP contribution < -0.4 is 4.74 Å². The summed E-state index contributed by atoms with van der Waals surface area (Å²) in [6, 6.07) is 10.5. The molecule has 0 spiro atoms. The molecule has 2 nitrogen and oxygen atoms in total. The predicted molar refractivity (Wildman–Crippen MR) is 80.1 cm³/mol. The monoisotopic (exact) mass is 286 g/mol. The molecule has 1 N–H and O–H groups in total. The number of hydrogen-bond donors (Lipinski definition) is 1. The van der Waals surface area contributed by atoms with Crippen LogP contribution in [0.5, 0.6) is 5.75 Å². The summed E-state index contributed by atoms with van der Waals surface area (Å²) in [7, 11) is 1.48. The van der Waals surface area contributed by atoms with Crippen molar-refractivity contribution >= 4 is 0 Å². The third-order valence-electron chi connectivity index (χ3n) is 4.19. The van der Waals surface area contributed by atoms with Crippen molar-refractivity contribution in [3.8, 4) is 5.75 Å². The summed E-state index contributed by atoms with van der Waals surface area (Å²) in [6.45, 7) is 0. The molecule has 2 aromatic rings. The lowest BCUT2D eigenvalue weighted by Gasteiger charge is -2.20. The number of rotatable bonds is 3. The lowest BCUT2D eigenvalue weighted by Crippen LogP contribution is -2.08. The molecule has 0 aromatic heterocycles. The second kappa shape index (κ2) is 5.86. The van der Waals surface area contributed by atoms with Crippen LogP contribution in [0, 0.1) is 5.82 Å². The van der Waals surface area contributed by atoms with E-state index in [9.17, 15) is 9.50 Å². The smallest absolute Gasteiger partial charge is 0.133 e. The van der Waals surface area contributed by atoms with Gasteiger partial charge in [0.2, 0.25) is 0 Å². The number of methoxy groups -OCH3 is 1. The Bertz CT molecular complexity index is 652. The summed E-state index contributed by atoms with van der Waals surface area (Å²) in [5.41, 5.74) is 3.54. The van der Waals surface area contributed by atoms with E-state index in [0.717, 1.165) is 18.4 Å². The van der Waals surface area contributed by atoms with Gasteiger partial charge in [0, 0.05) is 0 Å². The van der Waals surface area contributed by atoms with Gasteiger partial charge < -0.3 is 9.84 Å². The van der Waals surface area contributed by atoms with Crippen molar-refractivity contribution in [1.82, 2.24) is 0 Å². The first-order chi connectivity index (χ1) is 10.2. The summed E-state index contributed by atoms with van der Waals surface area (Å²) in [5.74, 6) is -0.0696. The summed E-state index contributed by atoms with van der Waals surface area (Å²) in [6.07, 6.45) is 3.51. The first kappa shape index (κ1) is 14.1. The van der Waals surface area contributed by atoms with Crippen molar-refractivity contribution < 1.29 is 14.2 Å². The Morgan fingerprint density at radius 3 is 2.62 bits per heavy atom. The molecule has 1 aliphatic rings. The first-order valence-corrected chi connectivity index (χ1v) is 7.33. The van der Waals surface area contributed by atoms with Crippen molar-refractivity contribution in [2.75, 3.05) is 7.11 Å². The van der Waals surface area contributed by atoms with E-state index in [1.54, 1.807) is 12.1 Å². The van der Waals surface area contributed by atoms with Gasteiger partial charge in [-0.1, -0.05) is 24.3 Å². The summed E-state index contributed by atoms with van der Waals surface area (Å²) in [5, 5.41) is 10.6. The molecule has 0 bridgehead atoms. The third kappa shape index (κ3) is 2.66. The van der Waals surface area contributed by atoms with E-state index >= 15 is 0 Å². The van der Waals surface area contributed by atoms with Gasteiger partial charge in [-0.15, -0.1) is 0 Å². The molecule has 21 heavy (non-hydrogen) atoms. The quantitative estimate of drug-likeness (QED) is 0.930. The van der Waals surface area contributed by atoms with E-state index in [0.29, 0.717) is 5.75 Å². The molecule has 0 saturated carbocycles. The van der Waals surface area contributed by atoms with Gasteiger partial charge in [-0.05, 0) is 54.5 Å². The van der Waals surface area contributed by atoms with Gasteiger partial charge in [0.05, 0.1) is 12.7 Å². The van der Waals surface area contributed by atoms with Crippen LogP contribution in [-0.2, 0) is 12.8 Å². The highest BCUT2D eigenvalue weighted by Crippen LogP contribution is 2.34. The number of hydrogen-bond acceptors (Lipinski definition) is 2. The Hall–Kier alpha value is -1.87. The number of halogens is 1. The Labute approximate surface area is 124 Å². The maximum absolute atomic E-state index is 14.1. The van der Waals surface area contributed by atoms with Crippen molar-refractivity contribution in [3.05, 3.63) is 64.5 Å². The lowest BCUT2D eigenvalue weighted by molar-refractivity contribution is 0.208. The molecule has 1 aliphatic carbocycles. The Kier molecular flexibility index (Phi) is 3.93. The molecule has 1 atom stereocenters. The Morgan fingerprint density at radius 1 is 1.10 bits per heavy atom. The van der Waals surface area contributed by atoms with E-state index in [1.807, 2.05) is 12.1 Å². The van der Waals surface area contributed by atoms with Crippen LogP contribution in [0.1, 0.15) is 41.2 Å². The van der Waals surface area contributed by atoms with Gasteiger partial charge in [-0.25, -0.2) is 4.39 Å². The van der Waals surface area contributed by atoms with Gasteiger partial charge in [-0.2, -0.15) is 0 Å². The van der Waals surface area contributed by atoms with E-state index in [1.165, 1.54) is 37.1 Å². The molecule has 0 aliphatic heterocycles. The van der Waals surface area contributed by atoms with Crippen LogP contribution in [0.4, 0.5) is 4.39 Å². The van der Waals surface area contributed by atoms with Crippen LogP contribution in [0.15, 0.2) is 36.4 Å². The zero-order chi connectivity index (χ0) is 14.8. The molecule has 110 valence electrons. The molecule has 0 radical (unpaired) electrons. The topological polar surface area (TPSA) is 29.5 Å². The number of fused-ring (bicyclic) bond motifs is 1. The van der Waals surface area contributed by atoms with Crippen molar-refractivity contribution in [2.24, 2.45) is 0 Å². The molecule has 2 aromatic carbocycles. The molecular formula is C18H19FO2. The van der Waals surface area contributed by atoms with Crippen LogP contribution in [0.2, 0.25) is 0 Å². The first-order valence-electron chi connectivity index (χ1n) is 7.33. The number of aryl methyl sites for hydroxylation is 2. The van der Waals surface area contributed by atoms with E-state index in [2.05, 4.69) is 6.07 Å². The average molecular weight is 286 g/mol. The fraction of sp³-hybridized carbons (Fsp3) is 0.333. The molecule has 3 heteroatoms. The molecule has 0 amide bonds. The molecule has 3 rings (SSSR count). The fourth-order valence-corrected chi connectivity index (χ4v) is 3.05. The van der Waals surface area contributed by atoms with Crippen molar-refractivity contribution in [3.63, 3.8) is 0 Å². The SMILES string of the molecule is COc1cccc(F)c1C(O)c1ccc2c(c1)CCCC2. The summed E-state index contributed by atoms with van der Waals surface area (Å²) < 4.78 is 19.3. The average Bonchev–Trinajstić information content (AvgIpc) is 2.53. The number of ether oxygens (including phenoxy) is 1. The van der Waals surface area contributed by atoms with Gasteiger partial charge in [-0.3, -0.25) is 0 Å². The lowest BCUT2D eigenvalue weighted by atomic mass is 9.88. The van der Waals surface area contributed by atoms with Crippen LogP contribution in [-0.4, -0.2) is 12.2 Å². The molecule has 0 heterocycles. The molecule has 0 fully saturated rings. The second-order valence-electron chi connectivity index (χ2n) is 5.49. The minimum Gasteiger partial charge on any atom is -0.496 e. The van der Waals surface area contributed by atoms with E-state index in [-0.39, 0.29) is 5.56 Å². The van der Waals surface area contributed by atoms with Crippen LogP contribution in [0.3, 0.4) is 0 Å². The van der Waals surface area contributed by atoms with Crippen LogP contribution >= 0.6 is 0 Å². The largest absolute Gasteiger partial charge is 0.496 e. The third-order valence-corrected chi connectivity index (χ3v) is 4.19. The minimum atomic E-state index is -1.01. The van der Waals surface area contributed by atoms with Gasteiger partial charge >= 0.3 is 0 Å². The number of aliphatic hydroxyl groups excluding tert-OH is 1. The van der Waals surface area contributed by atoms with Gasteiger partial charge in [0.1, 0.15) is 17.7 Å². The van der Waals surface area contributed by atoms with E-state index in [4.69, 9.17) is 4.74 Å². The molecule has 0 saturated heterocycles. The molecular weight excluding hydrogens is 267 g/mol. The number of benzene rings is 2. The highest BCUT2D eigenvalue weighted by Gasteiger charge is 2.21.